The van der Waals surface area contributed by atoms with E-state index in [-0.39, 0.29) is 18.2 Å². The molecule has 0 saturated carbocycles. The number of nitrogens with zero attached hydrogens (tertiary/aromatic N) is 3. The normalized spacial score (nSPS) is 19.8. The molecule has 1 atom stereocenters. The summed E-state index contributed by atoms with van der Waals surface area (Å²) in [4.78, 5) is 13.6. The zero-order valence-corrected chi connectivity index (χ0v) is 14.5. The van der Waals surface area contributed by atoms with Crippen LogP contribution in [0.15, 0.2) is 47.6 Å². The maximum atomic E-state index is 13.3. The maximum Gasteiger partial charge on any atom is 0.453 e. The molecule has 2 amide bonds. The first-order valence-electron chi connectivity index (χ1n) is 8.12. The van der Waals surface area contributed by atoms with E-state index in [0.29, 0.717) is 0 Å². The topological polar surface area (TPSA) is 32.7 Å². The third-order valence-electron chi connectivity index (χ3n) is 4.50. The van der Waals surface area contributed by atoms with Crippen molar-refractivity contribution in [2.75, 3.05) is 20.5 Å². The van der Waals surface area contributed by atoms with Gasteiger partial charge in [0.05, 0.1) is 6.54 Å². The molecule has 1 unspecified atom stereocenters. The van der Waals surface area contributed by atoms with E-state index >= 15 is 0 Å². The Morgan fingerprint density at radius 3 is 2.35 bits per heavy atom. The molecule has 1 heterocycles. The van der Waals surface area contributed by atoms with E-state index in [9.17, 15) is 18.0 Å². The number of carbonyl (C=O) groups excluding carboxylic acids is 1. The summed E-state index contributed by atoms with van der Waals surface area (Å²) in [5.74, 6) is -0.405. The fourth-order valence-electron chi connectivity index (χ4n) is 2.89. The molecule has 4 nitrogen and oxygen atoms in total. The fraction of sp³-hybridized carbons (Fsp3) is 0.263. The largest absolute Gasteiger partial charge is 0.453 e. The van der Waals surface area contributed by atoms with Crippen LogP contribution in [0.25, 0.3) is 11.1 Å². The molecule has 1 aliphatic heterocycles. The third kappa shape index (κ3) is 3.22. The molecule has 0 bridgehead atoms. The highest BCUT2D eigenvalue weighted by atomic mass is 19.1. The van der Waals surface area contributed by atoms with Crippen molar-refractivity contribution in [1.82, 2.24) is 4.90 Å². The van der Waals surface area contributed by atoms with Crippen molar-refractivity contribution in [3.05, 3.63) is 59.4 Å². The molecule has 0 N–H and O–H groups in total. The van der Waals surface area contributed by atoms with Gasteiger partial charge in [-0.15, -0.1) is 0 Å². The molecular formula is C19H19F3N3O+. The smallest absolute Gasteiger partial charge is 0.242 e. The summed E-state index contributed by atoms with van der Waals surface area (Å²) in [5, 5.41) is 3.87. The Kier molecular flexibility index (Phi) is 4.82. The quantitative estimate of drug-likeness (QED) is 0.573. The van der Waals surface area contributed by atoms with E-state index in [1.165, 1.54) is 24.1 Å². The first-order valence-corrected chi connectivity index (χ1v) is 8.12. The predicted molar refractivity (Wildman–Crippen MR) is 93.1 cm³/mol. The molecule has 0 radical (unpaired) electrons. The van der Waals surface area contributed by atoms with Gasteiger partial charge in [0.15, 0.2) is 6.67 Å². The van der Waals surface area contributed by atoms with E-state index < -0.39 is 24.1 Å². The maximum absolute atomic E-state index is 13.3. The average molecular weight is 362 g/mol. The number of hydrogen-bond donors (Lipinski definition) is 0. The van der Waals surface area contributed by atoms with Crippen molar-refractivity contribution in [2.45, 2.75) is 13.5 Å². The minimum absolute atomic E-state index is 0.0817. The van der Waals surface area contributed by atoms with E-state index in [4.69, 9.17) is 0 Å². The fourth-order valence-corrected chi connectivity index (χ4v) is 2.89. The van der Waals surface area contributed by atoms with Crippen LogP contribution in [0.2, 0.25) is 0 Å². The number of benzene rings is 2. The molecule has 0 spiro atoms. The number of quaternary nitrogens is 1. The molecule has 1 aliphatic rings. The molecule has 2 aromatic carbocycles. The zero-order chi connectivity index (χ0) is 18.9. The minimum Gasteiger partial charge on any atom is -0.242 e. The lowest BCUT2D eigenvalue weighted by Gasteiger charge is -2.20. The van der Waals surface area contributed by atoms with Crippen LogP contribution in [0.3, 0.4) is 0 Å². The van der Waals surface area contributed by atoms with Gasteiger partial charge in [0, 0.05) is 0 Å². The van der Waals surface area contributed by atoms with Crippen LogP contribution >= 0.6 is 0 Å². The third-order valence-corrected chi connectivity index (χ3v) is 4.50. The van der Waals surface area contributed by atoms with Gasteiger partial charge in [-0.1, -0.05) is 34.0 Å². The Hall–Kier alpha value is -2.67. The number of hydrogen-bond acceptors (Lipinski definition) is 2. The molecule has 0 fully saturated rings. The molecule has 0 aliphatic carbocycles. The summed E-state index contributed by atoms with van der Waals surface area (Å²) in [6.07, 6.45) is 0. The summed E-state index contributed by atoms with van der Waals surface area (Å²) in [7, 11) is 1.31. The summed E-state index contributed by atoms with van der Waals surface area (Å²) >= 11 is 0. The molecule has 0 saturated heterocycles. The van der Waals surface area contributed by atoms with Crippen LogP contribution in [0, 0.1) is 12.7 Å². The highest BCUT2D eigenvalue weighted by Gasteiger charge is 2.46. The SMILES string of the molecule is Cc1ccc(-c2ccc(F)cc2)cc1CN1C(=O)[N+](C)(CF)N=C1CF. The van der Waals surface area contributed by atoms with Crippen LogP contribution in [0.4, 0.5) is 18.0 Å². The van der Waals surface area contributed by atoms with Crippen molar-refractivity contribution in [2.24, 2.45) is 5.10 Å². The Balaban J connectivity index is 1.93. The van der Waals surface area contributed by atoms with Gasteiger partial charge in [0.2, 0.25) is 5.84 Å². The molecular weight excluding hydrogens is 343 g/mol. The van der Waals surface area contributed by atoms with Crippen LogP contribution < -0.4 is 0 Å². The molecule has 0 aromatic heterocycles. The molecule has 3 rings (SSSR count). The van der Waals surface area contributed by atoms with Gasteiger partial charge in [-0.3, -0.25) is 0 Å². The van der Waals surface area contributed by atoms with Gasteiger partial charge in [-0.2, -0.15) is 4.39 Å². The number of aryl methyl sites for hydroxylation is 1. The number of amidine groups is 1. The molecule has 7 heteroatoms. The van der Waals surface area contributed by atoms with Crippen LogP contribution in [-0.4, -0.2) is 41.9 Å². The second kappa shape index (κ2) is 6.92. The van der Waals surface area contributed by atoms with E-state index in [2.05, 4.69) is 5.10 Å². The van der Waals surface area contributed by atoms with Crippen molar-refractivity contribution < 1.29 is 22.6 Å². The predicted octanol–water partition coefficient (Wildman–Crippen LogP) is 4.39. The molecule has 136 valence electrons. The number of halogens is 3. The lowest BCUT2D eigenvalue weighted by atomic mass is 9.99. The first kappa shape index (κ1) is 18.1. The second-order valence-electron chi connectivity index (χ2n) is 6.43. The van der Waals surface area contributed by atoms with E-state index in [0.717, 1.165) is 22.3 Å². The van der Waals surface area contributed by atoms with Gasteiger partial charge in [-0.25, -0.2) is 18.5 Å². The summed E-state index contributed by atoms with van der Waals surface area (Å²) in [6, 6.07) is 11.1. The van der Waals surface area contributed by atoms with Gasteiger partial charge < -0.3 is 0 Å². The summed E-state index contributed by atoms with van der Waals surface area (Å²) < 4.78 is 38.8. The molecule has 2 aromatic rings. The monoisotopic (exact) mass is 362 g/mol. The zero-order valence-electron chi connectivity index (χ0n) is 14.5. The standard InChI is InChI=1S/C19H19F3N3O/c1-13-3-4-15(14-5-7-17(22)8-6-14)9-16(13)11-24-18(10-20)23-25(2,12-21)19(24)26/h3-9H,10-12H2,1-2H3/q+1. The number of alkyl halides is 2. The van der Waals surface area contributed by atoms with Crippen molar-refractivity contribution in [3.63, 3.8) is 0 Å². The van der Waals surface area contributed by atoms with Gasteiger partial charge >= 0.3 is 6.03 Å². The summed E-state index contributed by atoms with van der Waals surface area (Å²) in [6.45, 7) is -0.0141. The summed E-state index contributed by atoms with van der Waals surface area (Å²) in [5.41, 5.74) is 3.36. The van der Waals surface area contributed by atoms with Crippen molar-refractivity contribution >= 4 is 11.9 Å². The average Bonchev–Trinajstić information content (AvgIpc) is 2.89. The number of carbonyl (C=O) groups is 1. The van der Waals surface area contributed by atoms with E-state index in [1.54, 1.807) is 12.1 Å². The lowest BCUT2D eigenvalue weighted by molar-refractivity contribution is -0.848. The lowest BCUT2D eigenvalue weighted by Crippen LogP contribution is -2.46. The Morgan fingerprint density at radius 1 is 1.08 bits per heavy atom. The van der Waals surface area contributed by atoms with Gasteiger partial charge in [-0.05, 0) is 47.4 Å². The number of amides is 2. The van der Waals surface area contributed by atoms with Gasteiger partial charge in [0.1, 0.15) is 12.9 Å². The van der Waals surface area contributed by atoms with Crippen molar-refractivity contribution in [1.29, 1.82) is 0 Å². The van der Waals surface area contributed by atoms with Crippen molar-refractivity contribution in [3.8, 4) is 11.1 Å². The van der Waals surface area contributed by atoms with Crippen LogP contribution in [0.1, 0.15) is 11.1 Å². The Morgan fingerprint density at radius 2 is 1.73 bits per heavy atom. The van der Waals surface area contributed by atoms with Crippen LogP contribution in [0.5, 0.6) is 0 Å². The Bertz CT molecular complexity index is 867. The number of rotatable bonds is 5. The highest BCUT2D eigenvalue weighted by Crippen LogP contribution is 2.27. The number of urea groups is 1. The second-order valence-corrected chi connectivity index (χ2v) is 6.43. The molecule has 26 heavy (non-hydrogen) atoms. The van der Waals surface area contributed by atoms with Gasteiger partial charge in [0.25, 0.3) is 6.80 Å². The van der Waals surface area contributed by atoms with E-state index in [1.807, 2.05) is 25.1 Å². The Labute approximate surface area is 149 Å². The minimum atomic E-state index is -1.03. The first-order chi connectivity index (χ1) is 12.4. The van der Waals surface area contributed by atoms with Crippen LogP contribution in [-0.2, 0) is 6.54 Å². The highest BCUT2D eigenvalue weighted by molar-refractivity contribution is 5.98.